The van der Waals surface area contributed by atoms with Crippen molar-refractivity contribution in [1.82, 2.24) is 23.6 Å². The van der Waals surface area contributed by atoms with E-state index in [0.717, 1.165) is 29.9 Å². The number of aromatic nitrogens is 3. The van der Waals surface area contributed by atoms with Crippen LogP contribution in [-0.2, 0) is 10.2 Å². The van der Waals surface area contributed by atoms with Gasteiger partial charge in [0.25, 0.3) is 10.2 Å². The number of anilines is 2. The molecule has 3 heterocycles. The molecule has 9 heteroatoms. The maximum absolute atomic E-state index is 12.4. The van der Waals surface area contributed by atoms with Crippen LogP contribution in [0.2, 0.25) is 0 Å². The van der Waals surface area contributed by atoms with Crippen molar-refractivity contribution >= 4 is 22.0 Å². The van der Waals surface area contributed by atoms with Crippen LogP contribution in [0.15, 0.2) is 24.3 Å². The zero-order chi connectivity index (χ0) is 19.6. The third-order valence-electron chi connectivity index (χ3n) is 4.58. The van der Waals surface area contributed by atoms with Crippen LogP contribution >= 0.6 is 0 Å². The lowest BCUT2D eigenvalue weighted by molar-refractivity contribution is 0.296. The lowest BCUT2D eigenvalue weighted by atomic mass is 9.96. The first kappa shape index (κ1) is 19.7. The highest BCUT2D eigenvalue weighted by Crippen LogP contribution is 2.28. The maximum atomic E-state index is 12.4. The molecule has 0 radical (unpaired) electrons. The van der Waals surface area contributed by atoms with Crippen LogP contribution in [0.1, 0.15) is 35.8 Å². The number of aryl methyl sites for hydroxylation is 2. The Morgan fingerprint density at radius 2 is 1.85 bits per heavy atom. The highest BCUT2D eigenvalue weighted by atomic mass is 32.2. The zero-order valence-corrected chi connectivity index (χ0v) is 17.0. The van der Waals surface area contributed by atoms with Gasteiger partial charge < -0.3 is 5.32 Å². The molecule has 0 unspecified atom stereocenters. The van der Waals surface area contributed by atoms with Crippen LogP contribution in [0.3, 0.4) is 0 Å². The van der Waals surface area contributed by atoms with Gasteiger partial charge in [-0.05, 0) is 44.9 Å². The lowest BCUT2D eigenvalue weighted by Crippen LogP contribution is -2.45. The number of rotatable bonds is 5. The molecule has 1 aliphatic heterocycles. The van der Waals surface area contributed by atoms with Gasteiger partial charge >= 0.3 is 0 Å². The van der Waals surface area contributed by atoms with E-state index >= 15 is 0 Å². The van der Waals surface area contributed by atoms with E-state index < -0.39 is 10.2 Å². The van der Waals surface area contributed by atoms with Gasteiger partial charge in [-0.25, -0.2) is 15.0 Å². The summed E-state index contributed by atoms with van der Waals surface area (Å²) in [6.45, 7) is 4.83. The van der Waals surface area contributed by atoms with E-state index in [1.165, 1.54) is 8.61 Å². The van der Waals surface area contributed by atoms with E-state index in [9.17, 15) is 8.42 Å². The quantitative estimate of drug-likeness (QED) is 0.842. The molecule has 0 amide bonds. The molecule has 3 rings (SSSR count). The van der Waals surface area contributed by atoms with Crippen molar-refractivity contribution in [1.29, 1.82) is 0 Å². The first-order chi connectivity index (χ1) is 12.8. The zero-order valence-electron chi connectivity index (χ0n) is 16.2. The molecule has 0 spiro atoms. The minimum atomic E-state index is -3.41. The molecule has 2 aromatic heterocycles. The minimum Gasteiger partial charge on any atom is -0.309 e. The summed E-state index contributed by atoms with van der Waals surface area (Å²) in [6, 6.07) is 7.65. The van der Waals surface area contributed by atoms with E-state index in [1.807, 2.05) is 38.1 Å². The Bertz CT molecular complexity index is 896. The van der Waals surface area contributed by atoms with Crippen LogP contribution < -0.4 is 5.32 Å². The van der Waals surface area contributed by atoms with Crippen molar-refractivity contribution in [3.05, 3.63) is 41.3 Å². The molecule has 0 aliphatic carbocycles. The average molecular weight is 391 g/mol. The molecule has 0 aromatic carbocycles. The molecule has 0 saturated carbocycles. The summed E-state index contributed by atoms with van der Waals surface area (Å²) in [4.78, 5) is 13.4. The van der Waals surface area contributed by atoms with E-state index in [0.29, 0.717) is 24.9 Å². The summed E-state index contributed by atoms with van der Waals surface area (Å²) >= 11 is 0. The van der Waals surface area contributed by atoms with Gasteiger partial charge in [0.2, 0.25) is 5.95 Å². The van der Waals surface area contributed by atoms with Crippen LogP contribution in [0, 0.1) is 13.8 Å². The summed E-state index contributed by atoms with van der Waals surface area (Å²) in [6.07, 6.45) is 1.73. The van der Waals surface area contributed by atoms with Crippen molar-refractivity contribution in [2.45, 2.75) is 32.6 Å². The molecule has 1 fully saturated rings. The van der Waals surface area contributed by atoms with Gasteiger partial charge in [-0.3, -0.25) is 0 Å². The van der Waals surface area contributed by atoms with Crippen LogP contribution in [0.4, 0.5) is 11.8 Å². The summed E-state index contributed by atoms with van der Waals surface area (Å²) in [5, 5.41) is 3.15. The Balaban J connectivity index is 1.78. The number of hydrogen-bond acceptors (Lipinski definition) is 6. The van der Waals surface area contributed by atoms with Crippen molar-refractivity contribution in [2.75, 3.05) is 32.5 Å². The Labute approximate surface area is 160 Å². The fourth-order valence-electron chi connectivity index (χ4n) is 3.27. The molecular weight excluding hydrogens is 364 g/mol. The molecule has 8 nitrogen and oxygen atoms in total. The maximum Gasteiger partial charge on any atom is 0.281 e. The van der Waals surface area contributed by atoms with Crippen molar-refractivity contribution in [2.24, 2.45) is 0 Å². The van der Waals surface area contributed by atoms with E-state index in [4.69, 9.17) is 0 Å². The normalized spacial score (nSPS) is 18.6. The summed E-state index contributed by atoms with van der Waals surface area (Å²) in [5.74, 6) is 1.23. The SMILES string of the molecule is Cc1cc(C)nc(Nc2cccc([C@H]3CCCN(S(=O)(=O)N(C)C)C3)n2)n1. The monoisotopic (exact) mass is 390 g/mol. The fraction of sp³-hybridized carbons (Fsp3) is 0.500. The van der Waals surface area contributed by atoms with Crippen molar-refractivity contribution in [3.63, 3.8) is 0 Å². The Hall–Kier alpha value is -2.10. The van der Waals surface area contributed by atoms with E-state index in [2.05, 4.69) is 20.3 Å². The number of piperidine rings is 1. The van der Waals surface area contributed by atoms with Crippen LogP contribution in [0.25, 0.3) is 0 Å². The Kier molecular flexibility index (Phi) is 5.73. The van der Waals surface area contributed by atoms with Gasteiger partial charge in [0.15, 0.2) is 0 Å². The molecule has 2 aromatic rings. The molecule has 1 atom stereocenters. The summed E-state index contributed by atoms with van der Waals surface area (Å²) in [7, 11) is -0.284. The van der Waals surface area contributed by atoms with Gasteiger partial charge in [0.1, 0.15) is 5.82 Å². The molecule has 1 saturated heterocycles. The first-order valence-electron chi connectivity index (χ1n) is 8.99. The van der Waals surface area contributed by atoms with Crippen molar-refractivity contribution < 1.29 is 8.42 Å². The van der Waals surface area contributed by atoms with Gasteiger partial charge in [0.05, 0.1) is 0 Å². The highest BCUT2D eigenvalue weighted by Gasteiger charge is 2.31. The van der Waals surface area contributed by atoms with E-state index in [1.54, 1.807) is 14.1 Å². The number of nitrogens with zero attached hydrogens (tertiary/aromatic N) is 5. The summed E-state index contributed by atoms with van der Waals surface area (Å²) in [5.41, 5.74) is 2.65. The Morgan fingerprint density at radius 1 is 1.15 bits per heavy atom. The topological polar surface area (TPSA) is 91.3 Å². The second kappa shape index (κ2) is 7.87. The molecule has 27 heavy (non-hydrogen) atoms. The molecular formula is C18H26N6O2S. The minimum absolute atomic E-state index is 0.0652. The largest absolute Gasteiger partial charge is 0.309 e. The van der Waals surface area contributed by atoms with Crippen LogP contribution in [0.5, 0.6) is 0 Å². The third kappa shape index (κ3) is 4.60. The van der Waals surface area contributed by atoms with Crippen molar-refractivity contribution in [3.8, 4) is 0 Å². The van der Waals surface area contributed by atoms with E-state index in [-0.39, 0.29) is 5.92 Å². The van der Waals surface area contributed by atoms with Gasteiger partial charge in [-0.2, -0.15) is 17.0 Å². The van der Waals surface area contributed by atoms with Crippen LogP contribution in [-0.4, -0.2) is 59.2 Å². The molecule has 1 aliphatic rings. The predicted molar refractivity (Wildman–Crippen MR) is 105 cm³/mol. The predicted octanol–water partition coefficient (Wildman–Crippen LogP) is 2.22. The summed E-state index contributed by atoms with van der Waals surface area (Å²) < 4.78 is 27.7. The standard InChI is InChI=1S/C18H26N6O2S/c1-13-11-14(2)20-18(19-13)22-17-9-5-8-16(21-17)15-7-6-10-24(12-15)27(25,26)23(3)4/h5,8-9,11,15H,6-7,10,12H2,1-4H3,(H,19,20,21,22)/t15-/m0/s1. The smallest absolute Gasteiger partial charge is 0.281 e. The average Bonchev–Trinajstić information content (AvgIpc) is 2.61. The second-order valence-electron chi connectivity index (χ2n) is 7.03. The fourth-order valence-corrected chi connectivity index (χ4v) is 4.46. The number of hydrogen-bond donors (Lipinski definition) is 1. The Morgan fingerprint density at radius 3 is 2.52 bits per heavy atom. The number of nitrogens with one attached hydrogen (secondary N) is 1. The van der Waals surface area contributed by atoms with Gasteiger partial charge in [0, 0.05) is 50.2 Å². The first-order valence-corrected chi connectivity index (χ1v) is 10.4. The second-order valence-corrected chi connectivity index (χ2v) is 9.18. The number of pyridine rings is 1. The molecule has 1 N–H and O–H groups in total. The third-order valence-corrected chi connectivity index (χ3v) is 6.49. The molecule has 0 bridgehead atoms. The van der Waals surface area contributed by atoms with Gasteiger partial charge in [-0.1, -0.05) is 6.07 Å². The highest BCUT2D eigenvalue weighted by molar-refractivity contribution is 7.86. The molecule has 146 valence electrons. The van der Waals surface area contributed by atoms with Gasteiger partial charge in [-0.15, -0.1) is 0 Å². The lowest BCUT2D eigenvalue weighted by Gasteiger charge is -2.33.